The Balaban J connectivity index is 2.41. The maximum atomic E-state index is 11.7. The highest BCUT2D eigenvalue weighted by Gasteiger charge is 2.21. The van der Waals surface area contributed by atoms with Crippen molar-refractivity contribution in [2.45, 2.75) is 26.2 Å². The van der Waals surface area contributed by atoms with Crippen molar-refractivity contribution >= 4 is 11.7 Å². The van der Waals surface area contributed by atoms with E-state index in [0.717, 1.165) is 36.1 Å². The van der Waals surface area contributed by atoms with Crippen LogP contribution in [0.3, 0.4) is 0 Å². The largest absolute Gasteiger partial charge is 0.462 e. The van der Waals surface area contributed by atoms with Gasteiger partial charge in [-0.05, 0) is 49.4 Å². The Morgan fingerprint density at radius 1 is 1.40 bits per heavy atom. The zero-order valence-corrected chi connectivity index (χ0v) is 8.88. The molecule has 0 unspecified atom stereocenters. The number of esters is 1. The van der Waals surface area contributed by atoms with E-state index in [0.29, 0.717) is 12.2 Å². The van der Waals surface area contributed by atoms with Crippen LogP contribution in [0.5, 0.6) is 0 Å². The summed E-state index contributed by atoms with van der Waals surface area (Å²) in [5.41, 5.74) is 9.59. The van der Waals surface area contributed by atoms with Crippen molar-refractivity contribution in [1.29, 1.82) is 0 Å². The normalized spacial score (nSPS) is 13.7. The first kappa shape index (κ1) is 10.0. The van der Waals surface area contributed by atoms with Gasteiger partial charge in [0.1, 0.15) is 0 Å². The number of nitrogens with two attached hydrogens (primary N) is 1. The lowest BCUT2D eigenvalue weighted by Crippen LogP contribution is -2.09. The SMILES string of the molecule is CCOC(=O)c1ccc(N)c2c1CCC2. The number of hydrogen-bond acceptors (Lipinski definition) is 3. The van der Waals surface area contributed by atoms with Crippen LogP contribution in [0.25, 0.3) is 0 Å². The van der Waals surface area contributed by atoms with Gasteiger partial charge in [-0.1, -0.05) is 0 Å². The molecule has 2 N–H and O–H groups in total. The summed E-state index contributed by atoms with van der Waals surface area (Å²) in [5.74, 6) is -0.226. The van der Waals surface area contributed by atoms with Crippen molar-refractivity contribution in [1.82, 2.24) is 0 Å². The quantitative estimate of drug-likeness (QED) is 0.593. The predicted molar refractivity (Wildman–Crippen MR) is 58.8 cm³/mol. The Labute approximate surface area is 89.2 Å². The van der Waals surface area contributed by atoms with Crippen LogP contribution in [0.15, 0.2) is 12.1 Å². The average molecular weight is 205 g/mol. The molecule has 80 valence electrons. The van der Waals surface area contributed by atoms with E-state index in [1.807, 2.05) is 6.92 Å². The van der Waals surface area contributed by atoms with E-state index >= 15 is 0 Å². The monoisotopic (exact) mass is 205 g/mol. The van der Waals surface area contributed by atoms with Crippen LogP contribution in [0.2, 0.25) is 0 Å². The number of carbonyl (C=O) groups excluding carboxylic acids is 1. The van der Waals surface area contributed by atoms with Crippen LogP contribution in [0.4, 0.5) is 5.69 Å². The summed E-state index contributed by atoms with van der Waals surface area (Å²) < 4.78 is 5.01. The Morgan fingerprint density at radius 3 is 2.87 bits per heavy atom. The molecular weight excluding hydrogens is 190 g/mol. The summed E-state index contributed by atoms with van der Waals surface area (Å²) in [4.78, 5) is 11.7. The molecule has 0 spiro atoms. The lowest BCUT2D eigenvalue weighted by Gasteiger charge is -2.09. The fourth-order valence-electron chi connectivity index (χ4n) is 2.13. The van der Waals surface area contributed by atoms with Crippen molar-refractivity contribution in [2.24, 2.45) is 0 Å². The molecule has 0 amide bonds. The molecule has 1 aliphatic carbocycles. The topological polar surface area (TPSA) is 52.3 Å². The van der Waals surface area contributed by atoms with E-state index < -0.39 is 0 Å². The van der Waals surface area contributed by atoms with Crippen molar-refractivity contribution in [3.8, 4) is 0 Å². The molecule has 0 bridgehead atoms. The van der Waals surface area contributed by atoms with Crippen LogP contribution < -0.4 is 5.73 Å². The minimum absolute atomic E-state index is 0.226. The minimum Gasteiger partial charge on any atom is -0.462 e. The van der Waals surface area contributed by atoms with Gasteiger partial charge >= 0.3 is 5.97 Å². The number of rotatable bonds is 2. The zero-order chi connectivity index (χ0) is 10.8. The van der Waals surface area contributed by atoms with Crippen LogP contribution in [0, 0.1) is 0 Å². The Hall–Kier alpha value is -1.51. The number of ether oxygens (including phenoxy) is 1. The van der Waals surface area contributed by atoms with Crippen LogP contribution in [-0.4, -0.2) is 12.6 Å². The highest BCUT2D eigenvalue weighted by molar-refractivity contribution is 5.92. The van der Waals surface area contributed by atoms with Gasteiger partial charge in [0.25, 0.3) is 0 Å². The molecule has 0 heterocycles. The fraction of sp³-hybridized carbons (Fsp3) is 0.417. The van der Waals surface area contributed by atoms with Gasteiger partial charge in [-0.2, -0.15) is 0 Å². The number of carbonyl (C=O) groups is 1. The second-order valence-corrected chi connectivity index (χ2v) is 3.73. The highest BCUT2D eigenvalue weighted by Crippen LogP contribution is 2.30. The van der Waals surface area contributed by atoms with Gasteiger partial charge in [0.2, 0.25) is 0 Å². The molecular formula is C12H15NO2. The molecule has 2 rings (SSSR count). The molecule has 0 aromatic heterocycles. The summed E-state index contributed by atoms with van der Waals surface area (Å²) in [5, 5.41) is 0. The summed E-state index contributed by atoms with van der Waals surface area (Å²) in [6, 6.07) is 3.58. The van der Waals surface area contributed by atoms with Crippen molar-refractivity contribution < 1.29 is 9.53 Å². The molecule has 15 heavy (non-hydrogen) atoms. The van der Waals surface area contributed by atoms with Crippen LogP contribution in [0.1, 0.15) is 34.8 Å². The van der Waals surface area contributed by atoms with Gasteiger partial charge < -0.3 is 10.5 Å². The lowest BCUT2D eigenvalue weighted by molar-refractivity contribution is 0.0525. The van der Waals surface area contributed by atoms with E-state index in [1.54, 1.807) is 12.1 Å². The molecule has 1 aliphatic rings. The van der Waals surface area contributed by atoms with Crippen molar-refractivity contribution in [3.63, 3.8) is 0 Å². The van der Waals surface area contributed by atoms with E-state index in [4.69, 9.17) is 10.5 Å². The first-order valence-electron chi connectivity index (χ1n) is 5.31. The van der Waals surface area contributed by atoms with E-state index in [1.165, 1.54) is 0 Å². The molecule has 0 saturated heterocycles. The molecule has 0 radical (unpaired) electrons. The van der Waals surface area contributed by atoms with Gasteiger partial charge in [0.15, 0.2) is 0 Å². The maximum absolute atomic E-state index is 11.7. The van der Waals surface area contributed by atoms with Gasteiger partial charge in [0.05, 0.1) is 12.2 Å². The molecule has 3 heteroatoms. The molecule has 0 saturated carbocycles. The third-order valence-electron chi connectivity index (χ3n) is 2.82. The number of hydrogen-bond donors (Lipinski definition) is 1. The Bertz CT molecular complexity index is 399. The number of benzene rings is 1. The molecule has 0 aliphatic heterocycles. The molecule has 0 fully saturated rings. The zero-order valence-electron chi connectivity index (χ0n) is 8.88. The van der Waals surface area contributed by atoms with Gasteiger partial charge in [-0.15, -0.1) is 0 Å². The van der Waals surface area contributed by atoms with E-state index in [2.05, 4.69) is 0 Å². The average Bonchev–Trinajstić information content (AvgIpc) is 2.68. The Morgan fingerprint density at radius 2 is 2.13 bits per heavy atom. The Kier molecular flexibility index (Phi) is 2.62. The summed E-state index contributed by atoms with van der Waals surface area (Å²) in [6.07, 6.45) is 3.00. The van der Waals surface area contributed by atoms with Crippen molar-refractivity contribution in [3.05, 3.63) is 28.8 Å². The van der Waals surface area contributed by atoms with Gasteiger partial charge in [0, 0.05) is 5.69 Å². The standard InChI is InChI=1S/C12H15NO2/c1-2-15-12(14)10-6-7-11(13)9-5-3-4-8(9)10/h6-7H,2-5,13H2,1H3. The van der Waals surface area contributed by atoms with Gasteiger partial charge in [-0.3, -0.25) is 0 Å². The lowest BCUT2D eigenvalue weighted by atomic mass is 10.0. The number of anilines is 1. The van der Waals surface area contributed by atoms with Crippen LogP contribution in [-0.2, 0) is 17.6 Å². The first-order chi connectivity index (χ1) is 7.24. The highest BCUT2D eigenvalue weighted by atomic mass is 16.5. The minimum atomic E-state index is -0.226. The number of fused-ring (bicyclic) bond motifs is 1. The maximum Gasteiger partial charge on any atom is 0.338 e. The smallest absolute Gasteiger partial charge is 0.338 e. The molecule has 0 atom stereocenters. The third-order valence-corrected chi connectivity index (χ3v) is 2.82. The molecule has 3 nitrogen and oxygen atoms in total. The third kappa shape index (κ3) is 1.69. The van der Waals surface area contributed by atoms with Crippen LogP contribution >= 0.6 is 0 Å². The fourth-order valence-corrected chi connectivity index (χ4v) is 2.13. The van der Waals surface area contributed by atoms with Gasteiger partial charge in [-0.25, -0.2) is 4.79 Å². The first-order valence-corrected chi connectivity index (χ1v) is 5.31. The summed E-state index contributed by atoms with van der Waals surface area (Å²) in [6.45, 7) is 2.23. The summed E-state index contributed by atoms with van der Waals surface area (Å²) in [7, 11) is 0. The summed E-state index contributed by atoms with van der Waals surface area (Å²) >= 11 is 0. The number of nitrogen functional groups attached to an aromatic ring is 1. The molecule has 1 aromatic rings. The second-order valence-electron chi connectivity index (χ2n) is 3.73. The van der Waals surface area contributed by atoms with E-state index in [9.17, 15) is 4.79 Å². The molecule has 1 aromatic carbocycles. The predicted octanol–water partition coefficient (Wildman–Crippen LogP) is 1.93. The van der Waals surface area contributed by atoms with E-state index in [-0.39, 0.29) is 5.97 Å². The van der Waals surface area contributed by atoms with Crippen molar-refractivity contribution in [2.75, 3.05) is 12.3 Å². The second kappa shape index (κ2) is 3.93.